The van der Waals surface area contributed by atoms with E-state index in [1.165, 1.54) is 0 Å². The van der Waals surface area contributed by atoms with E-state index in [-0.39, 0.29) is 12.2 Å². The second kappa shape index (κ2) is 4.21. The van der Waals surface area contributed by atoms with Gasteiger partial charge >= 0.3 is 0 Å². The van der Waals surface area contributed by atoms with Crippen molar-refractivity contribution in [2.24, 2.45) is 7.05 Å². The molecule has 0 fully saturated rings. The van der Waals surface area contributed by atoms with Gasteiger partial charge in [0.05, 0.1) is 11.6 Å². The normalized spacial score (nSPS) is 10.7. The van der Waals surface area contributed by atoms with Gasteiger partial charge < -0.3 is 0 Å². The fourth-order valence-corrected chi connectivity index (χ4v) is 2.41. The highest BCUT2D eigenvalue weighted by Gasteiger charge is 2.17. The number of nitrogens with zero attached hydrogens (tertiary/aromatic N) is 3. The Kier molecular flexibility index (Phi) is 2.53. The van der Waals surface area contributed by atoms with E-state index in [1.54, 1.807) is 4.68 Å². The summed E-state index contributed by atoms with van der Waals surface area (Å²) in [5.74, 6) is -0.233. The van der Waals surface area contributed by atoms with Crippen molar-refractivity contribution in [1.29, 1.82) is 5.26 Å². The Morgan fingerprint density at radius 1 is 1.26 bits per heavy atom. The Balaban J connectivity index is 2.38. The van der Waals surface area contributed by atoms with E-state index in [0.29, 0.717) is 5.69 Å². The van der Waals surface area contributed by atoms with E-state index in [0.717, 1.165) is 21.7 Å². The quantitative estimate of drug-likeness (QED) is 0.656. The fourth-order valence-electron chi connectivity index (χ4n) is 2.41. The number of hydrogen-bond acceptors (Lipinski definition) is 3. The number of aryl methyl sites for hydroxylation is 1. The van der Waals surface area contributed by atoms with Crippen LogP contribution in [-0.2, 0) is 7.05 Å². The number of Topliss-reactive ketones (excluding diaryl/α,β-unsaturated/α-hetero) is 1. The number of ketones is 1. The second-order valence-corrected chi connectivity index (χ2v) is 4.41. The fraction of sp³-hybridized carbons (Fsp3) is 0.133. The molecule has 0 saturated heterocycles. The van der Waals surface area contributed by atoms with Crippen LogP contribution in [0.2, 0.25) is 0 Å². The van der Waals surface area contributed by atoms with Crippen LogP contribution in [0.25, 0.3) is 21.7 Å². The molecule has 0 atom stereocenters. The predicted molar refractivity (Wildman–Crippen MR) is 72.8 cm³/mol. The highest BCUT2D eigenvalue weighted by Crippen LogP contribution is 2.27. The number of nitriles is 1. The maximum atomic E-state index is 11.9. The first-order chi connectivity index (χ1) is 9.22. The number of benzene rings is 2. The third-order valence-electron chi connectivity index (χ3n) is 3.23. The topological polar surface area (TPSA) is 58.7 Å². The van der Waals surface area contributed by atoms with Gasteiger partial charge in [-0.1, -0.05) is 30.3 Å². The van der Waals surface area contributed by atoms with Gasteiger partial charge in [0.1, 0.15) is 12.1 Å². The van der Waals surface area contributed by atoms with E-state index in [4.69, 9.17) is 5.26 Å². The molecule has 4 heteroatoms. The summed E-state index contributed by atoms with van der Waals surface area (Å²) in [6, 6.07) is 13.7. The number of carbonyl (C=O) groups is 1. The lowest BCUT2D eigenvalue weighted by Gasteiger charge is -2.01. The maximum Gasteiger partial charge on any atom is 0.197 e. The van der Waals surface area contributed by atoms with Gasteiger partial charge in [-0.15, -0.1) is 0 Å². The lowest BCUT2D eigenvalue weighted by Crippen LogP contribution is -2.00. The molecule has 0 amide bonds. The molecule has 3 rings (SSSR count). The van der Waals surface area contributed by atoms with Gasteiger partial charge in [0.2, 0.25) is 0 Å². The Morgan fingerprint density at radius 3 is 2.84 bits per heavy atom. The molecule has 2 aromatic carbocycles. The summed E-state index contributed by atoms with van der Waals surface area (Å²) < 4.78 is 1.71. The van der Waals surface area contributed by atoms with Crippen LogP contribution in [0.3, 0.4) is 0 Å². The van der Waals surface area contributed by atoms with Crippen molar-refractivity contribution in [1.82, 2.24) is 9.78 Å². The van der Waals surface area contributed by atoms with E-state index in [2.05, 4.69) is 5.10 Å². The van der Waals surface area contributed by atoms with Gasteiger partial charge in [-0.2, -0.15) is 10.4 Å². The monoisotopic (exact) mass is 249 g/mol. The van der Waals surface area contributed by atoms with Crippen molar-refractivity contribution >= 4 is 27.5 Å². The summed E-state index contributed by atoms with van der Waals surface area (Å²) in [5, 5.41) is 15.9. The molecule has 0 spiro atoms. The molecular formula is C15H11N3O. The second-order valence-electron chi connectivity index (χ2n) is 4.41. The van der Waals surface area contributed by atoms with Crippen LogP contribution in [0.4, 0.5) is 0 Å². The highest BCUT2D eigenvalue weighted by atomic mass is 16.1. The Hall–Kier alpha value is -2.67. The van der Waals surface area contributed by atoms with Gasteiger partial charge in [-0.25, -0.2) is 0 Å². The van der Waals surface area contributed by atoms with Gasteiger partial charge in [-0.3, -0.25) is 9.48 Å². The highest BCUT2D eigenvalue weighted by molar-refractivity contribution is 6.14. The summed E-state index contributed by atoms with van der Waals surface area (Å²) in [4.78, 5) is 11.9. The number of hydrogen-bond donors (Lipinski definition) is 0. The van der Waals surface area contributed by atoms with Crippen LogP contribution < -0.4 is 0 Å². The van der Waals surface area contributed by atoms with Crippen LogP contribution in [-0.4, -0.2) is 15.6 Å². The van der Waals surface area contributed by atoms with Crippen molar-refractivity contribution in [2.45, 2.75) is 6.42 Å². The first-order valence-electron chi connectivity index (χ1n) is 5.97. The summed E-state index contributed by atoms with van der Waals surface area (Å²) in [6.45, 7) is 0. The van der Waals surface area contributed by atoms with E-state index in [1.807, 2.05) is 49.5 Å². The third kappa shape index (κ3) is 1.67. The van der Waals surface area contributed by atoms with E-state index >= 15 is 0 Å². The van der Waals surface area contributed by atoms with Crippen LogP contribution in [0.15, 0.2) is 36.4 Å². The zero-order chi connectivity index (χ0) is 13.4. The van der Waals surface area contributed by atoms with Crippen LogP contribution in [0.1, 0.15) is 16.9 Å². The molecule has 0 radical (unpaired) electrons. The zero-order valence-corrected chi connectivity index (χ0v) is 10.4. The van der Waals surface area contributed by atoms with Gasteiger partial charge in [-0.05, 0) is 11.5 Å². The van der Waals surface area contributed by atoms with Crippen LogP contribution in [0.5, 0.6) is 0 Å². The molecular weight excluding hydrogens is 238 g/mol. The number of rotatable bonds is 2. The molecule has 0 bridgehead atoms. The molecule has 1 heterocycles. The number of carbonyl (C=O) groups excluding carboxylic acids is 1. The lowest BCUT2D eigenvalue weighted by molar-refractivity contribution is 0.0994. The maximum absolute atomic E-state index is 11.9. The molecule has 0 unspecified atom stereocenters. The first-order valence-corrected chi connectivity index (χ1v) is 5.97. The average molecular weight is 249 g/mol. The van der Waals surface area contributed by atoms with Crippen LogP contribution in [0, 0.1) is 11.3 Å². The van der Waals surface area contributed by atoms with Gasteiger partial charge in [0.15, 0.2) is 5.78 Å². The van der Waals surface area contributed by atoms with Crippen molar-refractivity contribution in [3.05, 3.63) is 42.1 Å². The number of aromatic nitrogens is 2. The molecule has 0 aliphatic carbocycles. The minimum Gasteiger partial charge on any atom is -0.291 e. The first kappa shape index (κ1) is 11.4. The van der Waals surface area contributed by atoms with E-state index in [9.17, 15) is 4.79 Å². The number of fused-ring (bicyclic) bond motifs is 3. The SMILES string of the molecule is Cn1nc(C(=O)CC#N)c2ccc3ccccc3c21. The molecule has 0 saturated carbocycles. The summed E-state index contributed by atoms with van der Waals surface area (Å²) in [6.07, 6.45) is -0.140. The summed E-state index contributed by atoms with van der Waals surface area (Å²) in [5.41, 5.74) is 1.31. The minimum atomic E-state index is -0.233. The molecule has 0 N–H and O–H groups in total. The third-order valence-corrected chi connectivity index (χ3v) is 3.23. The van der Waals surface area contributed by atoms with E-state index < -0.39 is 0 Å². The minimum absolute atomic E-state index is 0.140. The van der Waals surface area contributed by atoms with Gasteiger partial charge in [0, 0.05) is 17.8 Å². The van der Waals surface area contributed by atoms with Gasteiger partial charge in [0.25, 0.3) is 0 Å². The Bertz CT molecular complexity index is 840. The molecule has 0 aliphatic rings. The zero-order valence-electron chi connectivity index (χ0n) is 10.4. The largest absolute Gasteiger partial charge is 0.291 e. The molecule has 19 heavy (non-hydrogen) atoms. The van der Waals surface area contributed by atoms with Crippen molar-refractivity contribution in [2.75, 3.05) is 0 Å². The molecule has 1 aromatic heterocycles. The Labute approximate surface area is 109 Å². The summed E-state index contributed by atoms with van der Waals surface area (Å²) >= 11 is 0. The van der Waals surface area contributed by atoms with Crippen molar-refractivity contribution in [3.63, 3.8) is 0 Å². The average Bonchev–Trinajstić information content (AvgIpc) is 2.77. The molecule has 0 aliphatic heterocycles. The van der Waals surface area contributed by atoms with Crippen molar-refractivity contribution < 1.29 is 4.79 Å². The standard InChI is InChI=1S/C15H11N3O/c1-18-15-11-5-3-2-4-10(11)6-7-12(15)14(17-18)13(19)8-9-16/h2-7H,8H2,1H3. The predicted octanol–water partition coefficient (Wildman–Crippen LogP) is 2.82. The summed E-state index contributed by atoms with van der Waals surface area (Å²) in [7, 11) is 1.82. The smallest absolute Gasteiger partial charge is 0.197 e. The van der Waals surface area contributed by atoms with Crippen LogP contribution >= 0.6 is 0 Å². The lowest BCUT2D eigenvalue weighted by atomic mass is 10.0. The Morgan fingerprint density at radius 2 is 2.05 bits per heavy atom. The molecule has 92 valence electrons. The molecule has 4 nitrogen and oxygen atoms in total. The molecule has 3 aromatic rings. The van der Waals surface area contributed by atoms with Crippen molar-refractivity contribution in [3.8, 4) is 6.07 Å².